The average molecular weight is 407 g/mol. The topological polar surface area (TPSA) is 106 Å². The molecule has 2 heterocycles. The summed E-state index contributed by atoms with van der Waals surface area (Å²) >= 11 is 0. The maximum absolute atomic E-state index is 12.6. The van der Waals surface area contributed by atoms with E-state index >= 15 is 0 Å². The summed E-state index contributed by atoms with van der Waals surface area (Å²) in [5.74, 6) is 0.273. The minimum atomic E-state index is -0.191. The Kier molecular flexibility index (Phi) is 6.07. The van der Waals surface area contributed by atoms with E-state index < -0.39 is 0 Å². The molecule has 2 aliphatic rings. The smallest absolute Gasteiger partial charge is 0.239 e. The summed E-state index contributed by atoms with van der Waals surface area (Å²) in [6.07, 6.45) is 3.63. The first-order valence-electron chi connectivity index (χ1n) is 10.2. The van der Waals surface area contributed by atoms with E-state index in [9.17, 15) is 14.9 Å². The Balaban J connectivity index is 1.30. The number of rotatable bonds is 7. The predicted molar refractivity (Wildman–Crippen MR) is 111 cm³/mol. The summed E-state index contributed by atoms with van der Waals surface area (Å²) in [5, 5.41) is 19.5. The number of piperazine rings is 1. The Bertz CT molecular complexity index is 938. The maximum Gasteiger partial charge on any atom is 0.239 e. The maximum atomic E-state index is 12.6. The molecule has 0 bridgehead atoms. The number of amides is 2. The molecule has 1 aliphatic carbocycles. The van der Waals surface area contributed by atoms with Crippen LogP contribution in [-0.4, -0.2) is 76.7 Å². The number of hydrogen-bond donors (Lipinski definition) is 2. The molecule has 2 amide bonds. The Labute approximate surface area is 175 Å². The molecular formula is C21H25N7O2. The van der Waals surface area contributed by atoms with Crippen molar-refractivity contribution in [3.05, 3.63) is 42.1 Å². The second-order valence-electron chi connectivity index (χ2n) is 7.71. The van der Waals surface area contributed by atoms with Gasteiger partial charge in [0.2, 0.25) is 11.8 Å². The van der Waals surface area contributed by atoms with Crippen LogP contribution < -0.4 is 10.6 Å². The van der Waals surface area contributed by atoms with Crippen molar-refractivity contribution >= 4 is 17.6 Å². The fourth-order valence-corrected chi connectivity index (χ4v) is 3.50. The highest BCUT2D eigenvalue weighted by molar-refractivity contribution is 5.93. The van der Waals surface area contributed by atoms with E-state index in [1.54, 1.807) is 4.68 Å². The minimum Gasteiger partial charge on any atom is -0.352 e. The van der Waals surface area contributed by atoms with Crippen molar-refractivity contribution in [3.8, 4) is 11.8 Å². The highest BCUT2D eigenvalue weighted by Crippen LogP contribution is 2.20. The van der Waals surface area contributed by atoms with Crippen LogP contribution in [0.5, 0.6) is 0 Å². The fourth-order valence-electron chi connectivity index (χ4n) is 3.50. The lowest BCUT2D eigenvalue weighted by molar-refractivity contribution is -0.123. The van der Waals surface area contributed by atoms with E-state index in [-0.39, 0.29) is 18.4 Å². The van der Waals surface area contributed by atoms with E-state index in [1.807, 2.05) is 30.3 Å². The lowest BCUT2D eigenvalue weighted by Gasteiger charge is -2.33. The molecule has 2 aromatic rings. The van der Waals surface area contributed by atoms with E-state index in [0.29, 0.717) is 37.1 Å². The zero-order valence-corrected chi connectivity index (χ0v) is 16.8. The van der Waals surface area contributed by atoms with Gasteiger partial charge >= 0.3 is 0 Å². The van der Waals surface area contributed by atoms with Crippen LogP contribution in [0.25, 0.3) is 5.69 Å². The van der Waals surface area contributed by atoms with Crippen molar-refractivity contribution in [3.63, 3.8) is 0 Å². The molecule has 1 aromatic heterocycles. The summed E-state index contributed by atoms with van der Waals surface area (Å²) in [7, 11) is 0. The van der Waals surface area contributed by atoms with Crippen LogP contribution in [0.2, 0.25) is 0 Å². The molecule has 0 spiro atoms. The number of carbonyl (C=O) groups excluding carboxylic acids is 2. The first-order chi connectivity index (χ1) is 14.6. The third-order valence-electron chi connectivity index (χ3n) is 5.29. The summed E-state index contributed by atoms with van der Waals surface area (Å²) < 4.78 is 1.56. The van der Waals surface area contributed by atoms with Gasteiger partial charge in [-0.15, -0.1) is 0 Å². The molecule has 156 valence electrons. The van der Waals surface area contributed by atoms with Gasteiger partial charge in [0.1, 0.15) is 11.6 Å². The molecule has 1 saturated heterocycles. The van der Waals surface area contributed by atoms with Gasteiger partial charge in [-0.3, -0.25) is 19.4 Å². The lowest BCUT2D eigenvalue weighted by atomic mass is 10.3. The SMILES string of the molecule is N#Cc1cnn(-c2ccccc2)c1NC(=O)CN1CCN(CC(=O)NC2CC2)CC1. The van der Waals surface area contributed by atoms with Crippen molar-refractivity contribution in [2.45, 2.75) is 18.9 Å². The average Bonchev–Trinajstić information content (AvgIpc) is 3.47. The van der Waals surface area contributed by atoms with E-state index in [0.717, 1.165) is 31.6 Å². The van der Waals surface area contributed by atoms with E-state index in [2.05, 4.69) is 31.6 Å². The van der Waals surface area contributed by atoms with E-state index in [1.165, 1.54) is 6.20 Å². The predicted octanol–water partition coefficient (Wildman–Crippen LogP) is 0.579. The molecular weight excluding hydrogens is 382 g/mol. The van der Waals surface area contributed by atoms with Gasteiger partial charge in [-0.25, -0.2) is 4.68 Å². The summed E-state index contributed by atoms with van der Waals surface area (Å²) in [6, 6.07) is 11.8. The van der Waals surface area contributed by atoms with Gasteiger partial charge in [0.15, 0.2) is 5.82 Å². The Morgan fingerprint density at radius 1 is 1.03 bits per heavy atom. The summed E-state index contributed by atoms with van der Waals surface area (Å²) in [4.78, 5) is 28.8. The number of nitrogens with one attached hydrogen (secondary N) is 2. The van der Waals surface area contributed by atoms with Gasteiger partial charge < -0.3 is 10.6 Å². The van der Waals surface area contributed by atoms with Crippen molar-refractivity contribution in [2.75, 3.05) is 44.6 Å². The van der Waals surface area contributed by atoms with E-state index in [4.69, 9.17) is 0 Å². The molecule has 0 radical (unpaired) electrons. The molecule has 9 nitrogen and oxygen atoms in total. The molecule has 9 heteroatoms. The molecule has 2 fully saturated rings. The molecule has 2 N–H and O–H groups in total. The summed E-state index contributed by atoms with van der Waals surface area (Å²) in [5.41, 5.74) is 1.09. The van der Waals surface area contributed by atoms with Crippen molar-refractivity contribution in [1.82, 2.24) is 24.9 Å². The Hall–Kier alpha value is -3.22. The Morgan fingerprint density at radius 3 is 2.27 bits per heavy atom. The molecule has 30 heavy (non-hydrogen) atoms. The first-order valence-corrected chi connectivity index (χ1v) is 10.2. The van der Waals surface area contributed by atoms with Crippen molar-refractivity contribution in [2.24, 2.45) is 0 Å². The minimum absolute atomic E-state index is 0.0851. The first kappa shape index (κ1) is 20.1. The van der Waals surface area contributed by atoms with Crippen LogP contribution >= 0.6 is 0 Å². The van der Waals surface area contributed by atoms with Crippen LogP contribution in [0.3, 0.4) is 0 Å². The third-order valence-corrected chi connectivity index (χ3v) is 5.29. The van der Waals surface area contributed by atoms with Crippen LogP contribution in [0, 0.1) is 11.3 Å². The zero-order chi connectivity index (χ0) is 20.9. The quantitative estimate of drug-likeness (QED) is 0.695. The number of hydrogen-bond acceptors (Lipinski definition) is 6. The molecule has 1 aromatic carbocycles. The number of nitriles is 1. The summed E-state index contributed by atoms with van der Waals surface area (Å²) in [6.45, 7) is 3.57. The molecule has 1 aliphatic heterocycles. The number of para-hydroxylation sites is 1. The van der Waals surface area contributed by atoms with Crippen LogP contribution in [0.4, 0.5) is 5.82 Å². The standard InChI is InChI=1S/C21H25N7O2/c22-12-16-13-23-28(18-4-2-1-3-5-18)21(16)25-20(30)15-27-10-8-26(9-11-27)14-19(29)24-17-6-7-17/h1-5,13,17H,6-11,14-15H2,(H,24,29)(H,25,30). The van der Waals surface area contributed by atoms with Gasteiger partial charge in [0.25, 0.3) is 0 Å². The van der Waals surface area contributed by atoms with Crippen molar-refractivity contribution < 1.29 is 9.59 Å². The molecule has 0 atom stereocenters. The molecule has 1 saturated carbocycles. The van der Waals surface area contributed by atoms with Gasteiger partial charge in [-0.05, 0) is 25.0 Å². The van der Waals surface area contributed by atoms with Crippen LogP contribution in [0.15, 0.2) is 36.5 Å². The normalized spacial score (nSPS) is 17.3. The van der Waals surface area contributed by atoms with Crippen LogP contribution in [-0.2, 0) is 9.59 Å². The highest BCUT2D eigenvalue weighted by atomic mass is 16.2. The van der Waals surface area contributed by atoms with Crippen LogP contribution in [0.1, 0.15) is 18.4 Å². The van der Waals surface area contributed by atoms with Gasteiger partial charge in [-0.1, -0.05) is 18.2 Å². The highest BCUT2D eigenvalue weighted by Gasteiger charge is 2.26. The second-order valence-corrected chi connectivity index (χ2v) is 7.71. The van der Waals surface area contributed by atoms with Gasteiger partial charge in [-0.2, -0.15) is 10.4 Å². The monoisotopic (exact) mass is 407 g/mol. The number of benzene rings is 1. The number of anilines is 1. The van der Waals surface area contributed by atoms with Gasteiger partial charge in [0, 0.05) is 32.2 Å². The number of carbonyl (C=O) groups is 2. The largest absolute Gasteiger partial charge is 0.352 e. The fraction of sp³-hybridized carbons (Fsp3) is 0.429. The Morgan fingerprint density at radius 2 is 1.67 bits per heavy atom. The second kappa shape index (κ2) is 9.07. The third kappa shape index (κ3) is 5.03. The van der Waals surface area contributed by atoms with Crippen molar-refractivity contribution in [1.29, 1.82) is 5.26 Å². The molecule has 0 unspecified atom stereocenters. The molecule has 4 rings (SSSR count). The lowest BCUT2D eigenvalue weighted by Crippen LogP contribution is -2.51. The zero-order valence-electron chi connectivity index (χ0n) is 16.8. The number of nitrogens with zero attached hydrogens (tertiary/aromatic N) is 5. The number of aromatic nitrogens is 2. The van der Waals surface area contributed by atoms with Gasteiger partial charge in [0.05, 0.1) is 25.0 Å².